The normalized spacial score (nSPS) is 24.6. The highest BCUT2D eigenvalue weighted by Gasteiger charge is 2.25. The van der Waals surface area contributed by atoms with Crippen molar-refractivity contribution in [3.63, 3.8) is 0 Å². The SMILES string of the molecule is CCCC1CN(CCOC2CCNCC2)C1. The summed E-state index contributed by atoms with van der Waals surface area (Å²) in [5.41, 5.74) is 0. The van der Waals surface area contributed by atoms with Crippen LogP contribution in [0.5, 0.6) is 0 Å². The molecule has 1 N–H and O–H groups in total. The fourth-order valence-electron chi connectivity index (χ4n) is 2.76. The van der Waals surface area contributed by atoms with Crippen LogP contribution in [0.15, 0.2) is 0 Å². The van der Waals surface area contributed by atoms with Crippen molar-refractivity contribution in [2.24, 2.45) is 5.92 Å². The Labute approximate surface area is 99.5 Å². The van der Waals surface area contributed by atoms with Crippen molar-refractivity contribution in [2.75, 3.05) is 39.3 Å². The number of rotatable bonds is 6. The molecule has 0 aromatic carbocycles. The van der Waals surface area contributed by atoms with Crippen LogP contribution >= 0.6 is 0 Å². The van der Waals surface area contributed by atoms with E-state index in [-0.39, 0.29) is 0 Å². The van der Waals surface area contributed by atoms with E-state index < -0.39 is 0 Å². The number of nitrogens with zero attached hydrogens (tertiary/aromatic N) is 1. The molecule has 3 nitrogen and oxygen atoms in total. The molecule has 2 aliphatic rings. The minimum absolute atomic E-state index is 0.522. The van der Waals surface area contributed by atoms with Crippen LogP contribution in [-0.2, 0) is 4.74 Å². The lowest BCUT2D eigenvalue weighted by molar-refractivity contribution is -0.00171. The monoisotopic (exact) mass is 226 g/mol. The lowest BCUT2D eigenvalue weighted by Crippen LogP contribution is -2.48. The highest BCUT2D eigenvalue weighted by molar-refractivity contribution is 4.79. The maximum Gasteiger partial charge on any atom is 0.0600 e. The molecular weight excluding hydrogens is 200 g/mol. The van der Waals surface area contributed by atoms with Crippen molar-refractivity contribution < 1.29 is 4.74 Å². The van der Waals surface area contributed by atoms with Crippen molar-refractivity contribution in [3.05, 3.63) is 0 Å². The standard InChI is InChI=1S/C13H26N2O/c1-2-3-12-10-15(11-12)8-9-16-13-4-6-14-7-5-13/h12-14H,2-11H2,1H3. The third-order valence-corrected chi connectivity index (χ3v) is 3.78. The smallest absolute Gasteiger partial charge is 0.0600 e. The number of likely N-dealkylation sites (tertiary alicyclic amines) is 1. The van der Waals surface area contributed by atoms with Gasteiger partial charge >= 0.3 is 0 Å². The zero-order chi connectivity index (χ0) is 11.2. The highest BCUT2D eigenvalue weighted by atomic mass is 16.5. The number of hydrogen-bond donors (Lipinski definition) is 1. The molecule has 0 amide bonds. The molecule has 0 unspecified atom stereocenters. The lowest BCUT2D eigenvalue weighted by Gasteiger charge is -2.39. The van der Waals surface area contributed by atoms with E-state index in [1.54, 1.807) is 0 Å². The molecule has 2 rings (SSSR count). The summed E-state index contributed by atoms with van der Waals surface area (Å²) in [4.78, 5) is 2.53. The van der Waals surface area contributed by atoms with Gasteiger partial charge in [-0.2, -0.15) is 0 Å². The number of hydrogen-bond acceptors (Lipinski definition) is 3. The second-order valence-corrected chi connectivity index (χ2v) is 5.23. The quantitative estimate of drug-likeness (QED) is 0.742. The summed E-state index contributed by atoms with van der Waals surface area (Å²) >= 11 is 0. The molecule has 0 aliphatic carbocycles. The Bertz CT molecular complexity index is 186. The van der Waals surface area contributed by atoms with Gasteiger partial charge in [0, 0.05) is 19.6 Å². The second kappa shape index (κ2) is 6.58. The van der Waals surface area contributed by atoms with E-state index in [1.165, 1.54) is 38.8 Å². The number of nitrogens with one attached hydrogen (secondary N) is 1. The maximum absolute atomic E-state index is 5.90. The molecule has 2 aliphatic heterocycles. The molecule has 2 saturated heterocycles. The summed E-state index contributed by atoms with van der Waals surface area (Å²) in [5, 5.41) is 3.37. The highest BCUT2D eigenvalue weighted by Crippen LogP contribution is 2.19. The molecular formula is C13H26N2O. The van der Waals surface area contributed by atoms with Gasteiger partial charge < -0.3 is 15.0 Å². The Balaban J connectivity index is 1.46. The third-order valence-electron chi connectivity index (χ3n) is 3.78. The minimum Gasteiger partial charge on any atom is -0.377 e. The van der Waals surface area contributed by atoms with Crippen molar-refractivity contribution in [3.8, 4) is 0 Å². The summed E-state index contributed by atoms with van der Waals surface area (Å²) < 4.78 is 5.90. The van der Waals surface area contributed by atoms with E-state index in [0.717, 1.165) is 32.2 Å². The first-order valence-electron chi connectivity index (χ1n) is 6.93. The van der Waals surface area contributed by atoms with Gasteiger partial charge in [-0.1, -0.05) is 13.3 Å². The first-order chi connectivity index (χ1) is 7.88. The van der Waals surface area contributed by atoms with E-state index in [1.807, 2.05) is 0 Å². The summed E-state index contributed by atoms with van der Waals surface area (Å²) in [7, 11) is 0. The van der Waals surface area contributed by atoms with Crippen molar-refractivity contribution in [1.29, 1.82) is 0 Å². The predicted molar refractivity (Wildman–Crippen MR) is 66.7 cm³/mol. The van der Waals surface area contributed by atoms with Gasteiger partial charge in [0.15, 0.2) is 0 Å². The van der Waals surface area contributed by atoms with Crippen LogP contribution in [-0.4, -0.2) is 50.3 Å². The topological polar surface area (TPSA) is 24.5 Å². The first kappa shape index (κ1) is 12.3. The van der Waals surface area contributed by atoms with Crippen molar-refractivity contribution in [1.82, 2.24) is 10.2 Å². The van der Waals surface area contributed by atoms with E-state index in [0.29, 0.717) is 6.10 Å². The van der Waals surface area contributed by atoms with Crippen LogP contribution in [0.2, 0.25) is 0 Å². The Morgan fingerprint density at radius 1 is 1.25 bits per heavy atom. The minimum atomic E-state index is 0.522. The summed E-state index contributed by atoms with van der Waals surface area (Å²) in [6.07, 6.45) is 5.65. The fourth-order valence-corrected chi connectivity index (χ4v) is 2.76. The van der Waals surface area contributed by atoms with Crippen LogP contribution in [0.25, 0.3) is 0 Å². The Hall–Kier alpha value is -0.120. The zero-order valence-electron chi connectivity index (χ0n) is 10.6. The van der Waals surface area contributed by atoms with Gasteiger partial charge in [-0.15, -0.1) is 0 Å². The van der Waals surface area contributed by atoms with Crippen LogP contribution in [0, 0.1) is 5.92 Å². The molecule has 0 atom stereocenters. The average molecular weight is 226 g/mol. The number of piperidine rings is 1. The van der Waals surface area contributed by atoms with Crippen molar-refractivity contribution >= 4 is 0 Å². The number of ether oxygens (including phenoxy) is 1. The second-order valence-electron chi connectivity index (χ2n) is 5.23. The van der Waals surface area contributed by atoms with Gasteiger partial charge in [-0.25, -0.2) is 0 Å². The van der Waals surface area contributed by atoms with E-state index in [4.69, 9.17) is 4.74 Å². The van der Waals surface area contributed by atoms with E-state index in [2.05, 4.69) is 17.1 Å². The Morgan fingerprint density at radius 3 is 2.69 bits per heavy atom. The largest absolute Gasteiger partial charge is 0.377 e. The summed E-state index contributed by atoms with van der Waals surface area (Å²) in [6, 6.07) is 0. The molecule has 16 heavy (non-hydrogen) atoms. The van der Waals surface area contributed by atoms with Gasteiger partial charge in [0.2, 0.25) is 0 Å². The van der Waals surface area contributed by atoms with Crippen LogP contribution in [0.3, 0.4) is 0 Å². The zero-order valence-corrected chi connectivity index (χ0v) is 10.6. The Morgan fingerprint density at radius 2 is 2.00 bits per heavy atom. The van der Waals surface area contributed by atoms with Gasteiger partial charge in [0.05, 0.1) is 12.7 Å². The van der Waals surface area contributed by atoms with Crippen LogP contribution in [0.4, 0.5) is 0 Å². The molecule has 2 heterocycles. The molecule has 0 bridgehead atoms. The van der Waals surface area contributed by atoms with Crippen molar-refractivity contribution in [2.45, 2.75) is 38.7 Å². The molecule has 0 aromatic heterocycles. The summed E-state index contributed by atoms with van der Waals surface area (Å²) in [5.74, 6) is 0.976. The molecule has 94 valence electrons. The van der Waals surface area contributed by atoms with Gasteiger partial charge in [-0.05, 0) is 38.3 Å². The lowest BCUT2D eigenvalue weighted by atomic mass is 9.95. The predicted octanol–water partition coefficient (Wildman–Crippen LogP) is 1.49. The summed E-state index contributed by atoms with van der Waals surface area (Å²) in [6.45, 7) is 9.24. The molecule has 3 heteroatoms. The van der Waals surface area contributed by atoms with Gasteiger partial charge in [0.1, 0.15) is 0 Å². The Kier molecular flexibility index (Phi) is 5.07. The van der Waals surface area contributed by atoms with E-state index >= 15 is 0 Å². The molecule has 0 saturated carbocycles. The van der Waals surface area contributed by atoms with Crippen LogP contribution < -0.4 is 5.32 Å². The molecule has 0 aromatic rings. The third kappa shape index (κ3) is 3.72. The van der Waals surface area contributed by atoms with E-state index in [9.17, 15) is 0 Å². The van der Waals surface area contributed by atoms with Gasteiger partial charge in [-0.3, -0.25) is 0 Å². The van der Waals surface area contributed by atoms with Gasteiger partial charge in [0.25, 0.3) is 0 Å². The molecule has 2 fully saturated rings. The van der Waals surface area contributed by atoms with Crippen LogP contribution in [0.1, 0.15) is 32.6 Å². The fraction of sp³-hybridized carbons (Fsp3) is 1.00. The molecule has 0 radical (unpaired) electrons. The average Bonchev–Trinajstić information content (AvgIpc) is 2.27. The maximum atomic E-state index is 5.90. The first-order valence-corrected chi connectivity index (χ1v) is 6.93. The molecule has 0 spiro atoms.